The Morgan fingerprint density at radius 3 is 2.43 bits per heavy atom. The van der Waals surface area contributed by atoms with E-state index in [0.717, 1.165) is 19.3 Å². The first-order chi connectivity index (χ1) is 6.63. The molecule has 2 atom stereocenters. The molecule has 1 aliphatic heterocycles. The van der Waals surface area contributed by atoms with Crippen molar-refractivity contribution in [2.45, 2.75) is 49.9 Å². The molecule has 3 heteroatoms. The second kappa shape index (κ2) is 3.69. The molecule has 2 rings (SSSR count). The van der Waals surface area contributed by atoms with Gasteiger partial charge >= 0.3 is 0 Å². The molecule has 1 saturated carbocycles. The number of nitrogens with two attached hydrogens (primary N) is 1. The molecule has 0 amide bonds. The number of aliphatic hydroxyl groups is 1. The summed E-state index contributed by atoms with van der Waals surface area (Å²) in [5, 5.41) is 10.5. The van der Waals surface area contributed by atoms with E-state index in [1.54, 1.807) is 0 Å². The van der Waals surface area contributed by atoms with Gasteiger partial charge in [-0.2, -0.15) is 11.8 Å². The summed E-state index contributed by atoms with van der Waals surface area (Å²) in [6.45, 7) is 2.87. The summed E-state index contributed by atoms with van der Waals surface area (Å²) >= 11 is 1.94. The molecule has 2 aliphatic rings. The Hall–Kier alpha value is 0.270. The third-order valence-corrected chi connectivity index (χ3v) is 5.74. The summed E-state index contributed by atoms with van der Waals surface area (Å²) in [6.07, 6.45) is 5.71. The van der Waals surface area contributed by atoms with Crippen LogP contribution < -0.4 is 5.73 Å². The summed E-state index contributed by atoms with van der Waals surface area (Å²) in [5.41, 5.74) is 5.89. The van der Waals surface area contributed by atoms with Crippen molar-refractivity contribution in [3.63, 3.8) is 0 Å². The van der Waals surface area contributed by atoms with Gasteiger partial charge in [0.2, 0.25) is 0 Å². The Labute approximate surface area is 90.6 Å². The highest BCUT2D eigenvalue weighted by molar-refractivity contribution is 8.00. The average molecular weight is 215 g/mol. The van der Waals surface area contributed by atoms with E-state index in [4.69, 9.17) is 5.73 Å². The maximum absolute atomic E-state index is 10.5. The van der Waals surface area contributed by atoms with Crippen LogP contribution in [-0.4, -0.2) is 28.3 Å². The van der Waals surface area contributed by atoms with Crippen LogP contribution >= 0.6 is 11.8 Å². The lowest BCUT2D eigenvalue weighted by Gasteiger charge is -2.50. The van der Waals surface area contributed by atoms with Crippen LogP contribution in [0.25, 0.3) is 0 Å². The van der Waals surface area contributed by atoms with Gasteiger partial charge in [-0.3, -0.25) is 0 Å². The molecule has 0 aromatic heterocycles. The van der Waals surface area contributed by atoms with Crippen molar-refractivity contribution in [3.8, 4) is 0 Å². The zero-order valence-corrected chi connectivity index (χ0v) is 9.78. The lowest BCUT2D eigenvalue weighted by molar-refractivity contribution is -0.0478. The van der Waals surface area contributed by atoms with Crippen molar-refractivity contribution >= 4 is 11.8 Å². The molecule has 3 N–H and O–H groups in total. The normalized spacial score (nSPS) is 37.9. The van der Waals surface area contributed by atoms with Gasteiger partial charge in [-0.05, 0) is 38.4 Å². The average Bonchev–Trinajstić information content (AvgIpc) is 2.52. The summed E-state index contributed by atoms with van der Waals surface area (Å²) in [4.78, 5) is 0. The van der Waals surface area contributed by atoms with Crippen LogP contribution in [0.1, 0.15) is 39.0 Å². The first kappa shape index (κ1) is 10.8. The summed E-state index contributed by atoms with van der Waals surface area (Å²) in [7, 11) is 0. The van der Waals surface area contributed by atoms with Crippen molar-refractivity contribution < 1.29 is 5.11 Å². The summed E-state index contributed by atoms with van der Waals surface area (Å²) in [5.74, 6) is 1.20. The van der Waals surface area contributed by atoms with Gasteiger partial charge in [-0.25, -0.2) is 0 Å². The molecule has 1 aliphatic carbocycles. The van der Waals surface area contributed by atoms with E-state index >= 15 is 0 Å². The second-order valence-electron chi connectivity index (χ2n) is 5.09. The number of hydrogen-bond donors (Lipinski definition) is 2. The fourth-order valence-corrected chi connectivity index (χ4v) is 4.34. The minimum atomic E-state index is -0.193. The van der Waals surface area contributed by atoms with Gasteiger partial charge in [0.15, 0.2) is 0 Å². The van der Waals surface area contributed by atoms with Gasteiger partial charge in [-0.15, -0.1) is 0 Å². The van der Waals surface area contributed by atoms with E-state index < -0.39 is 0 Å². The highest BCUT2D eigenvalue weighted by atomic mass is 32.2. The number of aliphatic hydroxyl groups excluding tert-OH is 1. The number of rotatable bonds is 3. The lowest BCUT2D eigenvalue weighted by Crippen LogP contribution is -2.55. The van der Waals surface area contributed by atoms with Crippen LogP contribution in [0.4, 0.5) is 0 Å². The van der Waals surface area contributed by atoms with Crippen molar-refractivity contribution in [2.24, 2.45) is 11.1 Å². The third-order valence-electron chi connectivity index (χ3n) is 4.16. The third kappa shape index (κ3) is 1.50. The molecule has 1 heterocycles. The highest BCUT2D eigenvalue weighted by Crippen LogP contribution is 2.52. The minimum absolute atomic E-state index is 0.0616. The topological polar surface area (TPSA) is 46.2 Å². The van der Waals surface area contributed by atoms with Gasteiger partial charge in [0, 0.05) is 16.7 Å². The second-order valence-corrected chi connectivity index (χ2v) is 6.72. The smallest absolute Gasteiger partial charge is 0.0752 e. The van der Waals surface area contributed by atoms with Crippen LogP contribution in [0, 0.1) is 5.41 Å². The molecule has 2 nitrogen and oxygen atoms in total. The fraction of sp³-hybridized carbons (Fsp3) is 1.00. The van der Waals surface area contributed by atoms with Gasteiger partial charge in [0.05, 0.1) is 6.10 Å². The van der Waals surface area contributed by atoms with Crippen molar-refractivity contribution in [3.05, 3.63) is 0 Å². The summed E-state index contributed by atoms with van der Waals surface area (Å²) in [6, 6.07) is 0. The molecule has 82 valence electrons. The Morgan fingerprint density at radius 1 is 1.36 bits per heavy atom. The Kier molecular flexibility index (Phi) is 2.84. The van der Waals surface area contributed by atoms with Crippen LogP contribution in [0.2, 0.25) is 0 Å². The number of thioether (sulfide) groups is 1. The molecule has 0 radical (unpaired) electrons. The minimum Gasteiger partial charge on any atom is -0.391 e. The molecule has 0 spiro atoms. The number of hydrogen-bond acceptors (Lipinski definition) is 3. The quantitative estimate of drug-likeness (QED) is 0.754. The predicted octanol–water partition coefficient (Wildman–Crippen LogP) is 1.76. The van der Waals surface area contributed by atoms with Crippen molar-refractivity contribution in [1.29, 1.82) is 0 Å². The lowest BCUT2D eigenvalue weighted by atomic mass is 9.62. The first-order valence-corrected chi connectivity index (χ1v) is 6.64. The SMILES string of the molecule is CC1(C(O)C2(CN)CCC2)CCCS1. The van der Waals surface area contributed by atoms with E-state index in [1.165, 1.54) is 18.6 Å². The van der Waals surface area contributed by atoms with Crippen molar-refractivity contribution in [1.82, 2.24) is 0 Å². The predicted molar refractivity (Wildman–Crippen MR) is 61.4 cm³/mol. The van der Waals surface area contributed by atoms with E-state index in [0.29, 0.717) is 6.54 Å². The van der Waals surface area contributed by atoms with E-state index in [1.807, 2.05) is 11.8 Å². The Morgan fingerprint density at radius 2 is 2.07 bits per heavy atom. The van der Waals surface area contributed by atoms with Gasteiger partial charge in [-0.1, -0.05) is 6.42 Å². The molecule has 0 bridgehead atoms. The van der Waals surface area contributed by atoms with Crippen LogP contribution in [0.5, 0.6) is 0 Å². The zero-order chi connectivity index (χ0) is 10.2. The van der Waals surface area contributed by atoms with Crippen LogP contribution in [-0.2, 0) is 0 Å². The standard InChI is InChI=1S/C11H21NOS/c1-10(4-3-7-14-10)9(13)11(8-12)5-2-6-11/h9,13H,2-8,12H2,1H3. The molecule has 14 heavy (non-hydrogen) atoms. The van der Waals surface area contributed by atoms with E-state index in [2.05, 4.69) is 6.92 Å². The summed E-state index contributed by atoms with van der Waals surface area (Å²) < 4.78 is 0.0831. The maximum Gasteiger partial charge on any atom is 0.0752 e. The van der Waals surface area contributed by atoms with Gasteiger partial charge in [0.25, 0.3) is 0 Å². The van der Waals surface area contributed by atoms with Crippen LogP contribution in [0.3, 0.4) is 0 Å². The first-order valence-electron chi connectivity index (χ1n) is 5.65. The molecule has 0 aromatic carbocycles. The Bertz CT molecular complexity index is 202. The van der Waals surface area contributed by atoms with Crippen LogP contribution in [0.15, 0.2) is 0 Å². The fourth-order valence-electron chi connectivity index (χ4n) is 2.88. The molecule has 2 fully saturated rings. The molecule has 2 unspecified atom stereocenters. The van der Waals surface area contributed by atoms with Gasteiger partial charge < -0.3 is 10.8 Å². The monoisotopic (exact) mass is 215 g/mol. The molecule has 0 aromatic rings. The molecular weight excluding hydrogens is 194 g/mol. The molecule has 1 saturated heterocycles. The van der Waals surface area contributed by atoms with E-state index in [9.17, 15) is 5.11 Å². The Balaban J connectivity index is 2.09. The largest absolute Gasteiger partial charge is 0.391 e. The molecular formula is C11H21NOS. The highest BCUT2D eigenvalue weighted by Gasteiger charge is 2.51. The van der Waals surface area contributed by atoms with Gasteiger partial charge in [0.1, 0.15) is 0 Å². The zero-order valence-electron chi connectivity index (χ0n) is 8.96. The van der Waals surface area contributed by atoms with E-state index in [-0.39, 0.29) is 16.3 Å². The maximum atomic E-state index is 10.5. The van der Waals surface area contributed by atoms with Crippen molar-refractivity contribution in [2.75, 3.05) is 12.3 Å².